The highest BCUT2D eigenvalue weighted by Gasteiger charge is 2.24. The number of aliphatic hydroxyl groups is 1. The quantitative estimate of drug-likeness (QED) is 0.584. The first-order valence-electron chi connectivity index (χ1n) is 6.21. The zero-order chi connectivity index (χ0) is 13.1. The molecule has 1 aromatic carbocycles. The van der Waals surface area contributed by atoms with Gasteiger partial charge < -0.3 is 21.9 Å². The van der Waals surface area contributed by atoms with Crippen LogP contribution < -0.4 is 16.8 Å². The SMILES string of the molecule is Nc1cc(N)cc(C(=O)NC2CCCCC2O)c1. The highest BCUT2D eigenvalue weighted by molar-refractivity contribution is 5.96. The number of rotatable bonds is 2. The van der Waals surface area contributed by atoms with Gasteiger partial charge in [0.15, 0.2) is 0 Å². The van der Waals surface area contributed by atoms with Crippen molar-refractivity contribution in [2.45, 2.75) is 37.8 Å². The average Bonchev–Trinajstić information content (AvgIpc) is 2.31. The molecule has 0 heterocycles. The maximum Gasteiger partial charge on any atom is 0.251 e. The predicted octanol–water partition coefficient (Wildman–Crippen LogP) is 0.884. The third kappa shape index (κ3) is 2.92. The van der Waals surface area contributed by atoms with Gasteiger partial charge in [0.1, 0.15) is 0 Å². The predicted molar refractivity (Wildman–Crippen MR) is 71.0 cm³/mol. The van der Waals surface area contributed by atoms with Gasteiger partial charge in [-0.15, -0.1) is 0 Å². The van der Waals surface area contributed by atoms with Crippen LogP contribution in [-0.2, 0) is 0 Å². The molecule has 6 N–H and O–H groups in total. The molecule has 1 fully saturated rings. The molecule has 0 radical (unpaired) electrons. The number of carbonyl (C=O) groups is 1. The van der Waals surface area contributed by atoms with Gasteiger partial charge in [0.05, 0.1) is 12.1 Å². The van der Waals surface area contributed by atoms with Crippen LogP contribution in [-0.4, -0.2) is 23.2 Å². The van der Waals surface area contributed by atoms with E-state index < -0.39 is 6.10 Å². The number of nitrogens with one attached hydrogen (secondary N) is 1. The highest BCUT2D eigenvalue weighted by atomic mass is 16.3. The zero-order valence-electron chi connectivity index (χ0n) is 10.2. The second-order valence-electron chi connectivity index (χ2n) is 4.82. The first kappa shape index (κ1) is 12.7. The summed E-state index contributed by atoms with van der Waals surface area (Å²) in [6.45, 7) is 0. The fourth-order valence-corrected chi connectivity index (χ4v) is 2.34. The molecule has 5 heteroatoms. The lowest BCUT2D eigenvalue weighted by molar-refractivity contribution is 0.0717. The van der Waals surface area contributed by atoms with Gasteiger partial charge in [0, 0.05) is 16.9 Å². The fourth-order valence-electron chi connectivity index (χ4n) is 2.34. The van der Waals surface area contributed by atoms with E-state index in [4.69, 9.17) is 11.5 Å². The first-order valence-corrected chi connectivity index (χ1v) is 6.21. The van der Waals surface area contributed by atoms with Crippen molar-refractivity contribution < 1.29 is 9.90 Å². The third-order valence-corrected chi connectivity index (χ3v) is 3.29. The minimum absolute atomic E-state index is 0.172. The second kappa shape index (κ2) is 5.27. The Bertz CT molecular complexity index is 428. The van der Waals surface area contributed by atoms with E-state index in [1.165, 1.54) is 0 Å². The Labute approximate surface area is 106 Å². The Morgan fingerprint density at radius 1 is 1.17 bits per heavy atom. The number of anilines is 2. The van der Waals surface area contributed by atoms with Crippen molar-refractivity contribution in [2.75, 3.05) is 11.5 Å². The average molecular weight is 249 g/mol. The van der Waals surface area contributed by atoms with Gasteiger partial charge in [-0.25, -0.2) is 0 Å². The minimum Gasteiger partial charge on any atom is -0.399 e. The summed E-state index contributed by atoms with van der Waals surface area (Å²) in [4.78, 5) is 12.0. The van der Waals surface area contributed by atoms with Crippen LogP contribution in [0.3, 0.4) is 0 Å². The highest BCUT2D eigenvalue weighted by Crippen LogP contribution is 2.19. The molecule has 0 bridgehead atoms. The van der Waals surface area contributed by atoms with Crippen LogP contribution >= 0.6 is 0 Å². The molecule has 1 aromatic rings. The summed E-state index contributed by atoms with van der Waals surface area (Å²) >= 11 is 0. The molecule has 18 heavy (non-hydrogen) atoms. The number of hydrogen-bond donors (Lipinski definition) is 4. The van der Waals surface area contributed by atoms with Gasteiger partial charge in [-0.2, -0.15) is 0 Å². The number of nitrogen functional groups attached to an aromatic ring is 2. The molecule has 1 amide bonds. The van der Waals surface area contributed by atoms with E-state index in [-0.39, 0.29) is 11.9 Å². The van der Waals surface area contributed by atoms with Crippen molar-refractivity contribution >= 4 is 17.3 Å². The molecule has 0 aliphatic heterocycles. The summed E-state index contributed by atoms with van der Waals surface area (Å²) < 4.78 is 0. The lowest BCUT2D eigenvalue weighted by atomic mass is 9.92. The largest absolute Gasteiger partial charge is 0.399 e. The maximum atomic E-state index is 12.0. The molecule has 0 saturated heterocycles. The number of amides is 1. The van der Waals surface area contributed by atoms with E-state index in [1.54, 1.807) is 18.2 Å². The van der Waals surface area contributed by atoms with Gasteiger partial charge in [0.2, 0.25) is 0 Å². The molecule has 2 rings (SSSR count). The molecule has 2 unspecified atom stereocenters. The van der Waals surface area contributed by atoms with Gasteiger partial charge in [-0.1, -0.05) is 12.8 Å². The molecule has 1 aliphatic carbocycles. The van der Waals surface area contributed by atoms with Crippen molar-refractivity contribution in [2.24, 2.45) is 0 Å². The first-order chi connectivity index (χ1) is 8.56. The number of carbonyl (C=O) groups excluding carboxylic acids is 1. The molecule has 2 atom stereocenters. The molecule has 1 aliphatic rings. The lowest BCUT2D eigenvalue weighted by Gasteiger charge is -2.28. The van der Waals surface area contributed by atoms with Gasteiger partial charge in [0.25, 0.3) is 5.91 Å². The number of aliphatic hydroxyl groups excluding tert-OH is 1. The summed E-state index contributed by atoms with van der Waals surface area (Å²) in [5.41, 5.74) is 12.7. The van der Waals surface area contributed by atoms with Crippen LogP contribution in [0, 0.1) is 0 Å². The van der Waals surface area contributed by atoms with E-state index in [1.807, 2.05) is 0 Å². The lowest BCUT2D eigenvalue weighted by Crippen LogP contribution is -2.45. The molecule has 0 spiro atoms. The Kier molecular flexibility index (Phi) is 3.72. The normalized spacial score (nSPS) is 23.6. The smallest absolute Gasteiger partial charge is 0.251 e. The van der Waals surface area contributed by atoms with E-state index >= 15 is 0 Å². The van der Waals surface area contributed by atoms with Crippen LogP contribution in [0.25, 0.3) is 0 Å². The monoisotopic (exact) mass is 249 g/mol. The van der Waals surface area contributed by atoms with E-state index in [9.17, 15) is 9.90 Å². The van der Waals surface area contributed by atoms with Crippen molar-refractivity contribution in [3.05, 3.63) is 23.8 Å². The minimum atomic E-state index is -0.457. The van der Waals surface area contributed by atoms with Crippen molar-refractivity contribution in [1.29, 1.82) is 0 Å². The summed E-state index contributed by atoms with van der Waals surface area (Å²) in [5.74, 6) is -0.236. The Balaban J connectivity index is 2.06. The summed E-state index contributed by atoms with van der Waals surface area (Å²) in [6, 6.07) is 4.60. The second-order valence-corrected chi connectivity index (χ2v) is 4.82. The van der Waals surface area contributed by atoms with Crippen molar-refractivity contribution in [1.82, 2.24) is 5.32 Å². The standard InChI is InChI=1S/C13H19N3O2/c14-9-5-8(6-10(15)7-9)13(18)16-11-3-1-2-4-12(11)17/h5-7,11-12,17H,1-4,14-15H2,(H,16,18). The van der Waals surface area contributed by atoms with Crippen LogP contribution in [0.5, 0.6) is 0 Å². The molecular weight excluding hydrogens is 230 g/mol. The Hall–Kier alpha value is -1.75. The molecular formula is C13H19N3O2. The fraction of sp³-hybridized carbons (Fsp3) is 0.462. The maximum absolute atomic E-state index is 12.0. The van der Waals surface area contributed by atoms with E-state index in [2.05, 4.69) is 5.32 Å². The Morgan fingerprint density at radius 2 is 1.78 bits per heavy atom. The van der Waals surface area contributed by atoms with Crippen LogP contribution in [0.15, 0.2) is 18.2 Å². The van der Waals surface area contributed by atoms with Crippen LogP contribution in [0.1, 0.15) is 36.0 Å². The topological polar surface area (TPSA) is 101 Å². The van der Waals surface area contributed by atoms with E-state index in [0.717, 1.165) is 25.7 Å². The molecule has 5 nitrogen and oxygen atoms in total. The van der Waals surface area contributed by atoms with Crippen LogP contribution in [0.4, 0.5) is 11.4 Å². The molecule has 1 saturated carbocycles. The number of nitrogens with two attached hydrogens (primary N) is 2. The van der Waals surface area contributed by atoms with Crippen LogP contribution in [0.2, 0.25) is 0 Å². The van der Waals surface area contributed by atoms with E-state index in [0.29, 0.717) is 16.9 Å². The number of hydrogen-bond acceptors (Lipinski definition) is 4. The van der Waals surface area contributed by atoms with Crippen molar-refractivity contribution in [3.63, 3.8) is 0 Å². The summed E-state index contributed by atoms with van der Waals surface area (Å²) in [6.07, 6.45) is 3.13. The number of benzene rings is 1. The van der Waals surface area contributed by atoms with Gasteiger partial charge >= 0.3 is 0 Å². The molecule has 98 valence electrons. The summed E-state index contributed by atoms with van der Waals surface area (Å²) in [7, 11) is 0. The zero-order valence-corrected chi connectivity index (χ0v) is 10.2. The van der Waals surface area contributed by atoms with Crippen molar-refractivity contribution in [3.8, 4) is 0 Å². The Morgan fingerprint density at radius 3 is 2.39 bits per heavy atom. The third-order valence-electron chi connectivity index (χ3n) is 3.29. The van der Waals surface area contributed by atoms with Gasteiger partial charge in [-0.3, -0.25) is 4.79 Å². The summed E-state index contributed by atoms with van der Waals surface area (Å²) in [5, 5.41) is 12.6. The van der Waals surface area contributed by atoms with Gasteiger partial charge in [-0.05, 0) is 31.0 Å². The molecule has 0 aromatic heterocycles.